The molecule has 1 aromatic heterocycles. The molecule has 1 N–H and O–H groups in total. The van der Waals surface area contributed by atoms with Crippen molar-refractivity contribution >= 4 is 44.1 Å². The summed E-state index contributed by atoms with van der Waals surface area (Å²) in [5, 5.41) is 11.5. The number of anilines is 1. The minimum Gasteiger partial charge on any atom is -0.507 e. The van der Waals surface area contributed by atoms with Gasteiger partial charge in [-0.2, -0.15) is 0 Å². The third-order valence-corrected chi connectivity index (χ3v) is 6.75. The average molecular weight is 475 g/mol. The second-order valence-corrected chi connectivity index (χ2v) is 8.93. The van der Waals surface area contributed by atoms with E-state index in [1.165, 1.54) is 47.6 Å². The molecule has 4 aromatic rings. The number of aliphatic hydroxyl groups is 1. The standard InChI is InChI=1S/C26H19FN2O4S/c1-14-3-12-19-20(13-14)34-26(28-19)29-22(15-4-8-17(27)9-5-15)21(24(31)25(29)32)23(30)16-6-10-18(33-2)11-7-16/h3-13,22,30H,1-2H3/b23-21+/t22-/m0/s1. The van der Waals surface area contributed by atoms with E-state index < -0.39 is 23.5 Å². The molecule has 0 aliphatic carbocycles. The predicted molar refractivity (Wildman–Crippen MR) is 129 cm³/mol. The molecule has 0 unspecified atom stereocenters. The highest BCUT2D eigenvalue weighted by atomic mass is 32.1. The Bertz CT molecular complexity index is 1460. The first-order chi connectivity index (χ1) is 16.4. The van der Waals surface area contributed by atoms with E-state index in [1.54, 1.807) is 24.3 Å². The Morgan fingerprint density at radius 1 is 1.06 bits per heavy atom. The van der Waals surface area contributed by atoms with Crippen LogP contribution in [-0.4, -0.2) is 28.9 Å². The van der Waals surface area contributed by atoms with E-state index in [0.717, 1.165) is 10.3 Å². The van der Waals surface area contributed by atoms with E-state index in [0.29, 0.717) is 27.5 Å². The largest absolute Gasteiger partial charge is 0.507 e. The fourth-order valence-corrected chi connectivity index (χ4v) is 5.11. The summed E-state index contributed by atoms with van der Waals surface area (Å²) in [6.45, 7) is 1.96. The Morgan fingerprint density at radius 3 is 2.44 bits per heavy atom. The third-order valence-electron chi connectivity index (χ3n) is 5.73. The number of halogens is 1. The summed E-state index contributed by atoms with van der Waals surface area (Å²) in [5.74, 6) is -1.84. The number of carbonyl (C=O) groups excluding carboxylic acids is 2. The van der Waals surface area contributed by atoms with Crippen LogP contribution in [0.5, 0.6) is 5.75 Å². The summed E-state index contributed by atoms with van der Waals surface area (Å²) in [5.41, 5.74) is 2.48. The van der Waals surface area contributed by atoms with E-state index >= 15 is 0 Å². The number of methoxy groups -OCH3 is 1. The molecule has 2 heterocycles. The van der Waals surface area contributed by atoms with Crippen LogP contribution in [-0.2, 0) is 9.59 Å². The van der Waals surface area contributed by atoms with Gasteiger partial charge < -0.3 is 9.84 Å². The third kappa shape index (κ3) is 3.62. The van der Waals surface area contributed by atoms with Crippen LogP contribution in [0.3, 0.4) is 0 Å². The minimum atomic E-state index is -0.968. The zero-order valence-corrected chi connectivity index (χ0v) is 19.1. The molecular formula is C26H19FN2O4S. The van der Waals surface area contributed by atoms with Crippen molar-refractivity contribution in [2.75, 3.05) is 12.0 Å². The second-order valence-electron chi connectivity index (χ2n) is 7.92. The summed E-state index contributed by atoms with van der Waals surface area (Å²) in [7, 11) is 1.52. The number of aromatic nitrogens is 1. The van der Waals surface area contributed by atoms with Gasteiger partial charge in [0.25, 0.3) is 5.78 Å². The molecule has 6 nitrogen and oxygen atoms in total. The van der Waals surface area contributed by atoms with Gasteiger partial charge in [-0.15, -0.1) is 0 Å². The summed E-state index contributed by atoms with van der Waals surface area (Å²) in [4.78, 5) is 32.3. The number of nitrogens with zero attached hydrogens (tertiary/aromatic N) is 2. The van der Waals surface area contributed by atoms with E-state index in [4.69, 9.17) is 4.74 Å². The minimum absolute atomic E-state index is 0.0859. The van der Waals surface area contributed by atoms with Gasteiger partial charge in [0.2, 0.25) is 0 Å². The van der Waals surface area contributed by atoms with E-state index in [9.17, 15) is 19.1 Å². The lowest BCUT2D eigenvalue weighted by atomic mass is 9.95. The van der Waals surface area contributed by atoms with Gasteiger partial charge in [-0.1, -0.05) is 29.5 Å². The number of carbonyl (C=O) groups is 2. The molecule has 1 aliphatic rings. The van der Waals surface area contributed by atoms with Crippen LogP contribution >= 0.6 is 11.3 Å². The van der Waals surface area contributed by atoms with Gasteiger partial charge in [0.05, 0.1) is 28.9 Å². The Kier molecular flexibility index (Phi) is 5.37. The van der Waals surface area contributed by atoms with Crippen LogP contribution in [0.4, 0.5) is 9.52 Å². The molecule has 5 rings (SSSR count). The lowest BCUT2D eigenvalue weighted by molar-refractivity contribution is -0.132. The highest BCUT2D eigenvalue weighted by Gasteiger charge is 2.48. The van der Waals surface area contributed by atoms with Gasteiger partial charge in [-0.05, 0) is 66.6 Å². The molecule has 1 amide bonds. The first-order valence-electron chi connectivity index (χ1n) is 10.5. The maximum atomic E-state index is 13.7. The molecule has 3 aromatic carbocycles. The van der Waals surface area contributed by atoms with Crippen LogP contribution in [0, 0.1) is 12.7 Å². The number of hydrogen-bond acceptors (Lipinski definition) is 6. The molecular weight excluding hydrogens is 455 g/mol. The molecule has 1 saturated heterocycles. The molecule has 170 valence electrons. The summed E-state index contributed by atoms with van der Waals surface area (Å²) < 4.78 is 19.7. The number of Topliss-reactive ketones (excluding diaryl/α,β-unsaturated/α-hetero) is 1. The molecule has 0 spiro atoms. The van der Waals surface area contributed by atoms with Gasteiger partial charge in [-0.3, -0.25) is 14.5 Å². The van der Waals surface area contributed by atoms with Gasteiger partial charge in [-0.25, -0.2) is 9.37 Å². The van der Waals surface area contributed by atoms with Crippen molar-refractivity contribution < 1.29 is 23.8 Å². The van der Waals surface area contributed by atoms with Crippen molar-refractivity contribution in [2.24, 2.45) is 0 Å². The lowest BCUT2D eigenvalue weighted by Gasteiger charge is -2.23. The van der Waals surface area contributed by atoms with Crippen LogP contribution in [0.1, 0.15) is 22.7 Å². The molecule has 0 saturated carbocycles. The molecule has 0 radical (unpaired) electrons. The van der Waals surface area contributed by atoms with Crippen LogP contribution in [0.15, 0.2) is 72.3 Å². The zero-order chi connectivity index (χ0) is 24.0. The highest BCUT2D eigenvalue weighted by Crippen LogP contribution is 2.44. The fraction of sp³-hybridized carbons (Fsp3) is 0.115. The molecule has 34 heavy (non-hydrogen) atoms. The highest BCUT2D eigenvalue weighted by molar-refractivity contribution is 7.22. The fourth-order valence-electron chi connectivity index (χ4n) is 4.02. The number of amides is 1. The van der Waals surface area contributed by atoms with Crippen LogP contribution in [0.25, 0.3) is 16.0 Å². The smallest absolute Gasteiger partial charge is 0.301 e. The van der Waals surface area contributed by atoms with Gasteiger partial charge >= 0.3 is 5.91 Å². The van der Waals surface area contributed by atoms with Gasteiger partial charge in [0.1, 0.15) is 17.3 Å². The van der Waals surface area contributed by atoms with Crippen LogP contribution < -0.4 is 9.64 Å². The number of aryl methyl sites for hydroxylation is 1. The molecule has 0 bridgehead atoms. The van der Waals surface area contributed by atoms with Crippen molar-refractivity contribution in [3.8, 4) is 5.75 Å². The molecule has 1 fully saturated rings. The monoisotopic (exact) mass is 474 g/mol. The predicted octanol–water partition coefficient (Wildman–Crippen LogP) is 5.38. The number of ketones is 1. The number of ether oxygens (including phenoxy) is 1. The first kappa shape index (κ1) is 21.8. The number of rotatable bonds is 4. The quantitative estimate of drug-likeness (QED) is 0.244. The SMILES string of the molecule is COc1ccc(/C(O)=C2\C(=O)C(=O)N(c3nc4ccc(C)cc4s3)[C@H]2c2ccc(F)cc2)cc1. The second kappa shape index (κ2) is 8.39. The Balaban J connectivity index is 1.71. The van der Waals surface area contributed by atoms with Crippen molar-refractivity contribution in [1.82, 2.24) is 4.98 Å². The number of thiazole rings is 1. The molecule has 8 heteroatoms. The number of aliphatic hydroxyl groups excluding tert-OH is 1. The number of hydrogen-bond donors (Lipinski definition) is 1. The van der Waals surface area contributed by atoms with Gasteiger partial charge in [0, 0.05) is 5.56 Å². The van der Waals surface area contributed by atoms with Crippen LogP contribution in [0.2, 0.25) is 0 Å². The normalized spacial score (nSPS) is 17.5. The van der Waals surface area contributed by atoms with E-state index in [1.807, 2.05) is 25.1 Å². The summed E-state index contributed by atoms with van der Waals surface area (Å²) in [6.07, 6.45) is 0. The Hall–Kier alpha value is -4.04. The maximum Gasteiger partial charge on any atom is 0.301 e. The lowest BCUT2D eigenvalue weighted by Crippen LogP contribution is -2.29. The van der Waals surface area contributed by atoms with E-state index in [-0.39, 0.29) is 11.3 Å². The summed E-state index contributed by atoms with van der Waals surface area (Å²) >= 11 is 1.28. The van der Waals surface area contributed by atoms with Crippen molar-refractivity contribution in [3.63, 3.8) is 0 Å². The molecule has 1 atom stereocenters. The number of benzene rings is 3. The first-order valence-corrected chi connectivity index (χ1v) is 11.3. The van der Waals surface area contributed by atoms with Gasteiger partial charge in [0.15, 0.2) is 5.13 Å². The van der Waals surface area contributed by atoms with Crippen molar-refractivity contribution in [3.05, 3.63) is 94.8 Å². The van der Waals surface area contributed by atoms with Crippen molar-refractivity contribution in [1.29, 1.82) is 0 Å². The topological polar surface area (TPSA) is 79.7 Å². The summed E-state index contributed by atoms with van der Waals surface area (Å²) in [6, 6.07) is 16.8. The Morgan fingerprint density at radius 2 is 1.76 bits per heavy atom. The maximum absolute atomic E-state index is 13.7. The molecule has 1 aliphatic heterocycles. The zero-order valence-electron chi connectivity index (χ0n) is 18.3. The average Bonchev–Trinajstić information content (AvgIpc) is 3.37. The number of fused-ring (bicyclic) bond motifs is 1. The van der Waals surface area contributed by atoms with E-state index in [2.05, 4.69) is 4.98 Å². The van der Waals surface area contributed by atoms with Crippen molar-refractivity contribution in [2.45, 2.75) is 13.0 Å². The Labute approximate surface area is 198 Å².